The van der Waals surface area contributed by atoms with E-state index in [0.717, 1.165) is 31.5 Å². The number of thioether (sulfide) groups is 1. The molecule has 26 heavy (non-hydrogen) atoms. The zero-order chi connectivity index (χ0) is 18.7. The van der Waals surface area contributed by atoms with E-state index < -0.39 is 0 Å². The van der Waals surface area contributed by atoms with Crippen molar-refractivity contribution >= 4 is 46.2 Å². The fourth-order valence-corrected chi connectivity index (χ4v) is 4.19. The van der Waals surface area contributed by atoms with E-state index in [-0.39, 0.29) is 18.4 Å². The molecule has 0 aliphatic carbocycles. The van der Waals surface area contributed by atoms with Gasteiger partial charge in [-0.3, -0.25) is 14.5 Å². The van der Waals surface area contributed by atoms with Crippen LogP contribution in [0.4, 0.5) is 0 Å². The SMILES string of the molecule is COc1ccc(/C=C2/SC(=S)N(CC(=O)N3CCCC3)C2=O)cc1OC. The van der Waals surface area contributed by atoms with Crippen molar-refractivity contribution in [1.82, 2.24) is 9.80 Å². The molecule has 1 aromatic rings. The standard InChI is InChI=1S/C18H20N2O4S2/c1-23-13-6-5-12(9-14(13)24-2)10-15-17(22)20(18(25)26-15)11-16(21)19-7-3-4-8-19/h5-6,9-10H,3-4,7-8,11H2,1-2H3/b15-10+. The van der Waals surface area contributed by atoms with Crippen LogP contribution in [0.1, 0.15) is 18.4 Å². The lowest BCUT2D eigenvalue weighted by Crippen LogP contribution is -2.40. The van der Waals surface area contributed by atoms with Crippen molar-refractivity contribution in [3.63, 3.8) is 0 Å². The third-order valence-corrected chi connectivity index (χ3v) is 5.71. The molecule has 2 fully saturated rings. The van der Waals surface area contributed by atoms with Gasteiger partial charge in [0.15, 0.2) is 11.5 Å². The number of rotatable bonds is 5. The van der Waals surface area contributed by atoms with Crippen LogP contribution in [0.2, 0.25) is 0 Å². The summed E-state index contributed by atoms with van der Waals surface area (Å²) in [5.74, 6) is 0.919. The predicted octanol–water partition coefficient (Wildman–Crippen LogP) is 2.53. The Kier molecular flexibility index (Phi) is 5.83. The van der Waals surface area contributed by atoms with Gasteiger partial charge in [0.2, 0.25) is 5.91 Å². The minimum absolute atomic E-state index is 0.00788. The van der Waals surface area contributed by atoms with Gasteiger partial charge >= 0.3 is 0 Å². The van der Waals surface area contributed by atoms with Crippen LogP contribution in [0.5, 0.6) is 11.5 Å². The molecule has 0 saturated carbocycles. The molecular weight excluding hydrogens is 372 g/mol. The Labute approximate surface area is 162 Å². The number of thiocarbonyl (C=S) groups is 1. The summed E-state index contributed by atoms with van der Waals surface area (Å²) in [5.41, 5.74) is 0.800. The van der Waals surface area contributed by atoms with E-state index in [1.807, 2.05) is 6.07 Å². The number of ether oxygens (including phenoxy) is 2. The van der Waals surface area contributed by atoms with Crippen molar-refractivity contribution < 1.29 is 19.1 Å². The number of amides is 2. The summed E-state index contributed by atoms with van der Waals surface area (Å²) in [5, 5.41) is 0. The highest BCUT2D eigenvalue weighted by atomic mass is 32.2. The summed E-state index contributed by atoms with van der Waals surface area (Å²) in [6.07, 6.45) is 3.79. The van der Waals surface area contributed by atoms with E-state index in [2.05, 4.69) is 0 Å². The molecule has 0 bridgehead atoms. The van der Waals surface area contributed by atoms with Gasteiger partial charge in [0.1, 0.15) is 10.9 Å². The number of carbonyl (C=O) groups excluding carboxylic acids is 2. The van der Waals surface area contributed by atoms with E-state index in [4.69, 9.17) is 21.7 Å². The van der Waals surface area contributed by atoms with Gasteiger partial charge in [-0.25, -0.2) is 0 Å². The summed E-state index contributed by atoms with van der Waals surface area (Å²) < 4.78 is 10.9. The molecule has 0 atom stereocenters. The van der Waals surface area contributed by atoms with Crippen molar-refractivity contribution in [2.75, 3.05) is 33.9 Å². The highest BCUT2D eigenvalue weighted by Gasteiger charge is 2.34. The highest BCUT2D eigenvalue weighted by Crippen LogP contribution is 2.34. The second kappa shape index (κ2) is 8.09. The zero-order valence-electron chi connectivity index (χ0n) is 14.7. The fraction of sp³-hybridized carbons (Fsp3) is 0.389. The summed E-state index contributed by atoms with van der Waals surface area (Å²) >= 11 is 6.51. The smallest absolute Gasteiger partial charge is 0.266 e. The monoisotopic (exact) mass is 392 g/mol. The fourth-order valence-electron chi connectivity index (χ4n) is 2.93. The van der Waals surface area contributed by atoms with Crippen LogP contribution >= 0.6 is 24.0 Å². The van der Waals surface area contributed by atoms with Gasteiger partial charge in [-0.1, -0.05) is 30.0 Å². The predicted molar refractivity (Wildman–Crippen MR) is 105 cm³/mol. The molecule has 2 aliphatic heterocycles. The van der Waals surface area contributed by atoms with Crippen LogP contribution < -0.4 is 9.47 Å². The number of likely N-dealkylation sites (tertiary alicyclic amines) is 1. The third-order valence-electron chi connectivity index (χ3n) is 4.33. The summed E-state index contributed by atoms with van der Waals surface area (Å²) in [7, 11) is 3.13. The normalized spacial score (nSPS) is 18.8. The second-order valence-electron chi connectivity index (χ2n) is 5.97. The minimum Gasteiger partial charge on any atom is -0.493 e. The summed E-state index contributed by atoms with van der Waals surface area (Å²) in [6.45, 7) is 1.53. The molecule has 6 nitrogen and oxygen atoms in total. The van der Waals surface area contributed by atoms with Crippen LogP contribution in [0.15, 0.2) is 23.1 Å². The molecule has 1 aromatic carbocycles. The minimum atomic E-state index is -0.234. The van der Waals surface area contributed by atoms with Crippen molar-refractivity contribution in [3.05, 3.63) is 28.7 Å². The van der Waals surface area contributed by atoms with Crippen molar-refractivity contribution in [2.24, 2.45) is 0 Å². The van der Waals surface area contributed by atoms with E-state index >= 15 is 0 Å². The Morgan fingerprint density at radius 2 is 1.92 bits per heavy atom. The average Bonchev–Trinajstić information content (AvgIpc) is 3.26. The number of hydrogen-bond acceptors (Lipinski definition) is 6. The van der Waals surface area contributed by atoms with Crippen molar-refractivity contribution in [1.29, 1.82) is 0 Å². The van der Waals surface area contributed by atoms with E-state index in [1.54, 1.807) is 37.3 Å². The Morgan fingerprint density at radius 1 is 1.23 bits per heavy atom. The first-order valence-electron chi connectivity index (χ1n) is 8.28. The van der Waals surface area contributed by atoms with Crippen LogP contribution in [0, 0.1) is 0 Å². The Hall–Kier alpha value is -2.06. The van der Waals surface area contributed by atoms with Gasteiger partial charge < -0.3 is 14.4 Å². The summed E-state index contributed by atoms with van der Waals surface area (Å²) in [6, 6.07) is 5.41. The van der Waals surface area contributed by atoms with E-state index in [9.17, 15) is 9.59 Å². The Bertz CT molecular complexity index is 772. The maximum absolute atomic E-state index is 12.7. The molecular formula is C18H20N2O4S2. The number of methoxy groups -OCH3 is 2. The van der Waals surface area contributed by atoms with Gasteiger partial charge in [-0.05, 0) is 36.6 Å². The lowest BCUT2D eigenvalue weighted by atomic mass is 10.2. The van der Waals surface area contributed by atoms with Gasteiger partial charge in [0.25, 0.3) is 5.91 Å². The molecule has 0 unspecified atom stereocenters. The first-order valence-corrected chi connectivity index (χ1v) is 9.51. The van der Waals surface area contributed by atoms with Crippen LogP contribution in [0.25, 0.3) is 6.08 Å². The molecule has 2 amide bonds. The Morgan fingerprint density at radius 3 is 2.58 bits per heavy atom. The zero-order valence-corrected chi connectivity index (χ0v) is 16.3. The molecule has 138 valence electrons. The van der Waals surface area contributed by atoms with Crippen LogP contribution in [-0.2, 0) is 9.59 Å². The number of nitrogens with zero attached hydrogens (tertiary/aromatic N) is 2. The van der Waals surface area contributed by atoms with Crippen LogP contribution in [-0.4, -0.2) is 59.8 Å². The highest BCUT2D eigenvalue weighted by molar-refractivity contribution is 8.26. The molecule has 0 spiro atoms. The quantitative estimate of drug-likeness (QED) is 0.567. The first kappa shape index (κ1) is 18.7. The lowest BCUT2D eigenvalue weighted by molar-refractivity contribution is -0.134. The first-order chi connectivity index (χ1) is 12.5. The molecule has 8 heteroatoms. The maximum atomic E-state index is 12.7. The molecule has 2 heterocycles. The molecule has 0 radical (unpaired) electrons. The molecule has 0 aromatic heterocycles. The van der Waals surface area contributed by atoms with Gasteiger partial charge in [-0.15, -0.1) is 0 Å². The average molecular weight is 393 g/mol. The van der Waals surface area contributed by atoms with E-state index in [0.29, 0.717) is 20.7 Å². The van der Waals surface area contributed by atoms with Crippen molar-refractivity contribution in [2.45, 2.75) is 12.8 Å². The Balaban J connectivity index is 1.75. The second-order valence-corrected chi connectivity index (χ2v) is 7.65. The molecule has 2 saturated heterocycles. The molecule has 2 aliphatic rings. The van der Waals surface area contributed by atoms with Gasteiger partial charge in [-0.2, -0.15) is 0 Å². The van der Waals surface area contributed by atoms with Gasteiger partial charge in [0.05, 0.1) is 19.1 Å². The van der Waals surface area contributed by atoms with Crippen LogP contribution in [0.3, 0.4) is 0 Å². The number of benzene rings is 1. The van der Waals surface area contributed by atoms with E-state index in [1.165, 1.54) is 16.7 Å². The lowest BCUT2D eigenvalue weighted by Gasteiger charge is -2.19. The largest absolute Gasteiger partial charge is 0.493 e. The maximum Gasteiger partial charge on any atom is 0.266 e. The molecule has 3 rings (SSSR count). The van der Waals surface area contributed by atoms with Gasteiger partial charge in [0, 0.05) is 13.1 Å². The summed E-state index contributed by atoms with van der Waals surface area (Å²) in [4.78, 5) is 28.7. The van der Waals surface area contributed by atoms with Crippen molar-refractivity contribution in [3.8, 4) is 11.5 Å². The number of hydrogen-bond donors (Lipinski definition) is 0. The topological polar surface area (TPSA) is 59.1 Å². The molecule has 0 N–H and O–H groups in total. The number of carbonyl (C=O) groups is 2. The third kappa shape index (κ3) is 3.86.